The Morgan fingerprint density at radius 3 is 2.72 bits per heavy atom. The fourth-order valence-corrected chi connectivity index (χ4v) is 4.54. The number of hydrogen-bond donors (Lipinski definition) is 1. The maximum Gasteiger partial charge on any atom is 0.293 e. The molecule has 2 atom stereocenters. The van der Waals surface area contributed by atoms with E-state index in [2.05, 4.69) is 9.97 Å². The predicted molar refractivity (Wildman–Crippen MR) is 134 cm³/mol. The Balaban J connectivity index is 1.58. The maximum absolute atomic E-state index is 14.3. The molecule has 36 heavy (non-hydrogen) atoms. The molecule has 0 bridgehead atoms. The van der Waals surface area contributed by atoms with Crippen LogP contribution in [0.25, 0.3) is 10.9 Å². The van der Waals surface area contributed by atoms with Gasteiger partial charge in [0.1, 0.15) is 0 Å². The number of fused-ring (bicyclic) bond motifs is 1. The standard InChI is InChI=1S/C25H28ClF2N5O3/c1-14-11-33(12-15(2)25(14,27)28)24-30-10-18(26)19(31-24)8-16-5-6-20-17(7-16)9-21(23(35)32(20)4)36-13-22(34)29-3/h5-7,9-10,14-15H,8,11-13H2,1-4H3,(H,29,34)/t14-,15+/i3D3. The van der Waals surface area contributed by atoms with Gasteiger partial charge >= 0.3 is 0 Å². The zero-order chi connectivity index (χ0) is 28.7. The topological polar surface area (TPSA) is 89.3 Å². The molecule has 2 aromatic heterocycles. The minimum Gasteiger partial charge on any atom is -0.478 e. The van der Waals surface area contributed by atoms with E-state index in [0.29, 0.717) is 34.0 Å². The van der Waals surface area contributed by atoms with Gasteiger partial charge in [-0.2, -0.15) is 0 Å². The van der Waals surface area contributed by atoms with Crippen LogP contribution in [0.5, 0.6) is 5.75 Å². The number of pyridine rings is 1. The molecule has 1 amide bonds. The lowest BCUT2D eigenvalue weighted by Gasteiger charge is -2.41. The SMILES string of the molecule is [2H]C([2H])([2H])NC(=O)COc1cc2cc(Cc3nc(N4C[C@@H](C)C(F)(F)[C@@H](C)C4)ncc3Cl)ccc2n(C)c1=O. The van der Waals surface area contributed by atoms with Gasteiger partial charge in [0.2, 0.25) is 5.95 Å². The predicted octanol–water partition coefficient (Wildman–Crippen LogP) is 3.43. The number of carbonyl (C=O) groups excluding carboxylic acids is 1. The van der Waals surface area contributed by atoms with Crippen molar-refractivity contribution in [2.24, 2.45) is 18.9 Å². The van der Waals surface area contributed by atoms with E-state index < -0.39 is 42.8 Å². The van der Waals surface area contributed by atoms with Gasteiger partial charge in [-0.25, -0.2) is 18.7 Å². The number of rotatable bonds is 6. The fraction of sp³-hybridized carbons (Fsp3) is 0.440. The number of nitrogens with zero attached hydrogens (tertiary/aromatic N) is 4. The lowest BCUT2D eigenvalue weighted by Crippen LogP contribution is -2.52. The molecule has 11 heteroatoms. The van der Waals surface area contributed by atoms with E-state index in [1.54, 1.807) is 23.3 Å². The highest BCUT2D eigenvalue weighted by molar-refractivity contribution is 6.31. The fourth-order valence-electron chi connectivity index (χ4n) is 4.39. The summed E-state index contributed by atoms with van der Waals surface area (Å²) in [6, 6.07) is 6.86. The third kappa shape index (κ3) is 5.00. The maximum atomic E-state index is 14.3. The second-order valence-electron chi connectivity index (χ2n) is 9.13. The second-order valence-corrected chi connectivity index (χ2v) is 9.53. The average molecular weight is 523 g/mol. The summed E-state index contributed by atoms with van der Waals surface area (Å²) >= 11 is 6.39. The molecule has 1 saturated heterocycles. The van der Waals surface area contributed by atoms with Crippen molar-refractivity contribution in [1.82, 2.24) is 19.9 Å². The van der Waals surface area contributed by atoms with E-state index in [9.17, 15) is 18.4 Å². The van der Waals surface area contributed by atoms with Crippen LogP contribution in [0, 0.1) is 11.8 Å². The normalized spacial score (nSPS) is 20.9. The largest absolute Gasteiger partial charge is 0.478 e. The van der Waals surface area contributed by atoms with Gasteiger partial charge in [-0.05, 0) is 23.8 Å². The summed E-state index contributed by atoms with van der Waals surface area (Å²) in [6.45, 7) is -0.0379. The van der Waals surface area contributed by atoms with Gasteiger partial charge < -0.3 is 19.5 Å². The van der Waals surface area contributed by atoms with Crippen LogP contribution in [0.4, 0.5) is 14.7 Å². The van der Waals surface area contributed by atoms with Gasteiger partial charge in [-0.3, -0.25) is 9.59 Å². The van der Waals surface area contributed by atoms with Crippen LogP contribution in [0.15, 0.2) is 35.3 Å². The number of benzene rings is 1. The van der Waals surface area contributed by atoms with Crippen LogP contribution in [0.1, 0.15) is 29.2 Å². The number of halogens is 3. The Hall–Kier alpha value is -3.27. The first-order chi connectivity index (χ1) is 18.2. The average Bonchev–Trinajstić information content (AvgIpc) is 2.84. The van der Waals surface area contributed by atoms with Gasteiger partial charge in [0.05, 0.1) is 22.4 Å². The minimum atomic E-state index is -2.77. The minimum absolute atomic E-state index is 0.115. The van der Waals surface area contributed by atoms with Crippen LogP contribution >= 0.6 is 11.6 Å². The summed E-state index contributed by atoms with van der Waals surface area (Å²) in [6.07, 6.45) is 1.77. The second kappa shape index (κ2) is 10.0. The third-order valence-electron chi connectivity index (χ3n) is 6.51. The molecular formula is C25H28ClF2N5O3. The number of likely N-dealkylation sites (N-methyl/N-ethyl adjacent to an activating group) is 1. The highest BCUT2D eigenvalue weighted by Gasteiger charge is 2.47. The van der Waals surface area contributed by atoms with Gasteiger partial charge in [0.25, 0.3) is 17.4 Å². The molecule has 1 N–H and O–H groups in total. The van der Waals surface area contributed by atoms with Crippen molar-refractivity contribution in [2.45, 2.75) is 26.2 Å². The van der Waals surface area contributed by atoms with E-state index >= 15 is 0 Å². The molecule has 0 unspecified atom stereocenters. The molecular weight excluding hydrogens is 492 g/mol. The molecule has 0 spiro atoms. The first kappa shape index (κ1) is 22.0. The van der Waals surface area contributed by atoms with E-state index in [1.165, 1.54) is 30.7 Å². The Kier molecular flexibility index (Phi) is 6.10. The van der Waals surface area contributed by atoms with Gasteiger partial charge in [-0.15, -0.1) is 0 Å². The lowest BCUT2D eigenvalue weighted by molar-refractivity contribution is -0.122. The molecule has 3 heterocycles. The van der Waals surface area contributed by atoms with Crippen LogP contribution in [0.3, 0.4) is 0 Å². The first-order valence-corrected chi connectivity index (χ1v) is 11.7. The number of amides is 1. The number of carbonyl (C=O) groups is 1. The quantitative estimate of drug-likeness (QED) is 0.533. The Labute approximate surface area is 216 Å². The lowest BCUT2D eigenvalue weighted by atomic mass is 9.87. The van der Waals surface area contributed by atoms with Crippen molar-refractivity contribution in [3.05, 3.63) is 57.1 Å². The van der Waals surface area contributed by atoms with E-state index in [4.69, 9.17) is 20.5 Å². The highest BCUT2D eigenvalue weighted by atomic mass is 35.5. The zero-order valence-electron chi connectivity index (χ0n) is 23.0. The molecule has 192 valence electrons. The van der Waals surface area contributed by atoms with E-state index in [-0.39, 0.29) is 18.8 Å². The summed E-state index contributed by atoms with van der Waals surface area (Å²) in [5.74, 6) is -5.15. The van der Waals surface area contributed by atoms with Crippen molar-refractivity contribution in [2.75, 3.05) is 31.6 Å². The molecule has 8 nitrogen and oxygen atoms in total. The first-order valence-electron chi connectivity index (χ1n) is 12.9. The summed E-state index contributed by atoms with van der Waals surface area (Å²) in [5.41, 5.74) is 1.43. The van der Waals surface area contributed by atoms with Crippen molar-refractivity contribution < 1.29 is 22.4 Å². The van der Waals surface area contributed by atoms with Crippen LogP contribution < -0.4 is 20.5 Å². The zero-order valence-corrected chi connectivity index (χ0v) is 20.8. The Morgan fingerprint density at radius 1 is 1.31 bits per heavy atom. The van der Waals surface area contributed by atoms with Crippen LogP contribution in [0.2, 0.25) is 5.02 Å². The number of anilines is 1. The molecule has 0 saturated carbocycles. The molecule has 1 fully saturated rings. The van der Waals surface area contributed by atoms with Crippen LogP contribution in [-0.2, 0) is 18.3 Å². The molecule has 1 aromatic carbocycles. The number of piperidine rings is 1. The van der Waals surface area contributed by atoms with Crippen molar-refractivity contribution in [3.63, 3.8) is 0 Å². The number of ether oxygens (including phenoxy) is 1. The van der Waals surface area contributed by atoms with E-state index in [0.717, 1.165) is 5.56 Å². The van der Waals surface area contributed by atoms with Gasteiger partial charge in [0.15, 0.2) is 12.4 Å². The van der Waals surface area contributed by atoms with E-state index in [1.807, 2.05) is 12.1 Å². The molecule has 0 aliphatic carbocycles. The number of alkyl halides is 2. The summed E-state index contributed by atoms with van der Waals surface area (Å²) in [5, 5.41) is 2.76. The molecule has 4 rings (SSSR count). The number of nitrogens with one attached hydrogen (secondary N) is 1. The van der Waals surface area contributed by atoms with Gasteiger partial charge in [-0.1, -0.05) is 31.5 Å². The van der Waals surface area contributed by atoms with Crippen molar-refractivity contribution >= 4 is 34.4 Å². The van der Waals surface area contributed by atoms with Gasteiger partial charge in [0, 0.05) is 54.9 Å². The highest BCUT2D eigenvalue weighted by Crippen LogP contribution is 2.38. The summed E-state index contributed by atoms with van der Waals surface area (Å²) in [4.78, 5) is 35.1. The summed E-state index contributed by atoms with van der Waals surface area (Å²) in [7, 11) is 1.55. The molecule has 1 aliphatic rings. The molecule has 3 aromatic rings. The molecule has 0 radical (unpaired) electrons. The number of aromatic nitrogens is 3. The Bertz CT molecular complexity index is 1450. The monoisotopic (exact) mass is 522 g/mol. The van der Waals surface area contributed by atoms with Crippen LogP contribution in [-0.4, -0.2) is 53.0 Å². The number of aryl methyl sites for hydroxylation is 1. The van der Waals surface area contributed by atoms with Crippen molar-refractivity contribution in [1.29, 1.82) is 0 Å². The van der Waals surface area contributed by atoms with Crippen molar-refractivity contribution in [3.8, 4) is 5.75 Å². The molecule has 1 aliphatic heterocycles. The summed E-state index contributed by atoms with van der Waals surface area (Å²) < 4.78 is 56.6. The smallest absolute Gasteiger partial charge is 0.293 e. The Morgan fingerprint density at radius 2 is 2.03 bits per heavy atom. The third-order valence-corrected chi connectivity index (χ3v) is 6.83. The number of hydrogen-bond acceptors (Lipinski definition) is 6.